The molecule has 0 bridgehead atoms. The first-order valence-electron chi connectivity index (χ1n) is 11.7. The smallest absolute Gasteiger partial charge is 0.293 e. The van der Waals surface area contributed by atoms with Gasteiger partial charge in [-0.3, -0.25) is 14.5 Å². The maximum absolute atomic E-state index is 13.0. The molecule has 0 spiro atoms. The van der Waals surface area contributed by atoms with Crippen LogP contribution in [-0.2, 0) is 4.79 Å². The maximum Gasteiger partial charge on any atom is 0.293 e. The zero-order valence-corrected chi connectivity index (χ0v) is 22.2. The number of aromatic hydroxyl groups is 1. The number of amides is 2. The Hall–Kier alpha value is -3.62. The molecule has 3 aromatic carbocycles. The highest BCUT2D eigenvalue weighted by Crippen LogP contribution is 2.35. The van der Waals surface area contributed by atoms with Crippen molar-refractivity contribution >= 4 is 52.0 Å². The Bertz CT molecular complexity index is 1400. The van der Waals surface area contributed by atoms with Crippen molar-refractivity contribution in [2.75, 3.05) is 13.2 Å². The highest BCUT2D eigenvalue weighted by Gasteiger charge is 2.35. The molecule has 37 heavy (non-hydrogen) atoms. The first kappa shape index (κ1) is 26.4. The Morgan fingerprint density at radius 1 is 1.05 bits per heavy atom. The average Bonchev–Trinajstić information content (AvgIpc) is 3.11. The summed E-state index contributed by atoms with van der Waals surface area (Å²) in [6.45, 7) is 6.46. The topological polar surface area (TPSA) is 91.6 Å². The minimum absolute atomic E-state index is 0.0440. The average molecular weight is 536 g/mol. The van der Waals surface area contributed by atoms with Gasteiger partial charge in [-0.2, -0.15) is 10.2 Å². The molecular weight excluding hydrogens is 510 g/mol. The third-order valence-electron chi connectivity index (χ3n) is 5.62. The molecule has 2 amide bonds. The van der Waals surface area contributed by atoms with Crippen LogP contribution >= 0.6 is 23.4 Å². The zero-order valence-electron chi connectivity index (χ0n) is 20.6. The number of phenols is 1. The van der Waals surface area contributed by atoms with Gasteiger partial charge in [-0.15, -0.1) is 0 Å². The maximum atomic E-state index is 13.0. The van der Waals surface area contributed by atoms with Crippen molar-refractivity contribution in [3.8, 4) is 11.5 Å². The van der Waals surface area contributed by atoms with Crippen molar-refractivity contribution in [3.05, 3.63) is 87.3 Å². The lowest BCUT2D eigenvalue weighted by molar-refractivity contribution is -0.123. The number of halogens is 1. The van der Waals surface area contributed by atoms with Crippen LogP contribution < -0.4 is 4.74 Å². The number of ether oxygens (including phenoxy) is 1. The minimum atomic E-state index is -0.433. The Kier molecular flexibility index (Phi) is 8.31. The van der Waals surface area contributed by atoms with E-state index in [1.54, 1.807) is 36.4 Å². The summed E-state index contributed by atoms with van der Waals surface area (Å²) in [7, 11) is 0. The zero-order chi connectivity index (χ0) is 26.5. The number of rotatable bonds is 8. The molecule has 1 N–H and O–H groups in total. The molecule has 0 aromatic heterocycles. The number of nitrogens with zero attached hydrogens (tertiary/aromatic N) is 3. The van der Waals surface area contributed by atoms with E-state index in [9.17, 15) is 14.7 Å². The van der Waals surface area contributed by atoms with Crippen molar-refractivity contribution < 1.29 is 19.4 Å². The third kappa shape index (κ3) is 6.58. The van der Waals surface area contributed by atoms with Crippen molar-refractivity contribution in [3.63, 3.8) is 0 Å². The minimum Gasteiger partial charge on any atom is -0.507 e. The van der Waals surface area contributed by atoms with Gasteiger partial charge in [-0.25, -0.2) is 0 Å². The van der Waals surface area contributed by atoms with Crippen LogP contribution in [0.15, 0.2) is 75.8 Å². The Labute approximate surface area is 224 Å². The molecule has 1 heterocycles. The SMILES string of the molecule is Cc1ccc(C(C)C)c(OCCN2C(=O)S/C(=C\c3cc(N=Nc4cccc(Cl)c4)ccc3O)C2=O)c1. The molecule has 1 saturated heterocycles. The largest absolute Gasteiger partial charge is 0.507 e. The molecule has 0 unspecified atom stereocenters. The number of hydrogen-bond acceptors (Lipinski definition) is 7. The number of thioether (sulfide) groups is 1. The number of imide groups is 1. The predicted octanol–water partition coefficient (Wildman–Crippen LogP) is 8.01. The third-order valence-corrected chi connectivity index (χ3v) is 6.77. The Morgan fingerprint density at radius 2 is 1.81 bits per heavy atom. The molecule has 3 aromatic rings. The second-order valence-electron chi connectivity index (χ2n) is 8.80. The summed E-state index contributed by atoms with van der Waals surface area (Å²) in [5, 5.41) is 18.8. The van der Waals surface area contributed by atoms with Gasteiger partial charge in [0.15, 0.2) is 0 Å². The van der Waals surface area contributed by atoms with E-state index in [4.69, 9.17) is 16.3 Å². The molecule has 7 nitrogen and oxygen atoms in total. The van der Waals surface area contributed by atoms with E-state index in [0.717, 1.165) is 33.5 Å². The quantitative estimate of drug-likeness (QED) is 0.233. The summed E-state index contributed by atoms with van der Waals surface area (Å²) in [6.07, 6.45) is 1.48. The van der Waals surface area contributed by atoms with Crippen LogP contribution in [0.5, 0.6) is 11.5 Å². The number of phenolic OH excluding ortho intramolecular Hbond substituents is 1. The van der Waals surface area contributed by atoms with Crippen molar-refractivity contribution in [1.29, 1.82) is 0 Å². The molecule has 190 valence electrons. The molecule has 0 saturated carbocycles. The number of azo groups is 1. The van der Waals surface area contributed by atoms with Gasteiger partial charge in [0.2, 0.25) is 0 Å². The molecular formula is C28H26ClN3O4S. The van der Waals surface area contributed by atoms with Gasteiger partial charge in [0.1, 0.15) is 18.1 Å². The Balaban J connectivity index is 1.45. The van der Waals surface area contributed by atoms with Crippen LogP contribution in [0.4, 0.5) is 16.2 Å². The number of hydrogen-bond donors (Lipinski definition) is 1. The number of benzene rings is 3. The fourth-order valence-corrected chi connectivity index (χ4v) is 4.74. The van der Waals surface area contributed by atoms with Crippen LogP contribution in [0.3, 0.4) is 0 Å². The molecule has 1 aliphatic heterocycles. The van der Waals surface area contributed by atoms with Gasteiger partial charge in [-0.1, -0.05) is 43.6 Å². The van der Waals surface area contributed by atoms with E-state index in [2.05, 4.69) is 24.1 Å². The fraction of sp³-hybridized carbons (Fsp3) is 0.214. The molecule has 0 atom stereocenters. The van der Waals surface area contributed by atoms with Crippen LogP contribution in [0.2, 0.25) is 5.02 Å². The molecule has 1 aliphatic rings. The van der Waals surface area contributed by atoms with Crippen LogP contribution in [0, 0.1) is 6.92 Å². The normalized spacial score (nSPS) is 14.9. The van der Waals surface area contributed by atoms with Gasteiger partial charge in [0.25, 0.3) is 11.1 Å². The molecule has 9 heteroatoms. The highest BCUT2D eigenvalue weighted by atomic mass is 35.5. The molecule has 4 rings (SSSR count). The molecule has 0 radical (unpaired) electrons. The van der Waals surface area contributed by atoms with Gasteiger partial charge < -0.3 is 9.84 Å². The first-order valence-corrected chi connectivity index (χ1v) is 12.9. The highest BCUT2D eigenvalue weighted by molar-refractivity contribution is 8.18. The van der Waals surface area contributed by atoms with Gasteiger partial charge in [-0.05, 0) is 84.3 Å². The van der Waals surface area contributed by atoms with E-state index in [0.29, 0.717) is 22.0 Å². The van der Waals surface area contributed by atoms with Crippen molar-refractivity contribution in [1.82, 2.24) is 4.90 Å². The van der Waals surface area contributed by atoms with Crippen molar-refractivity contribution in [2.45, 2.75) is 26.7 Å². The first-order chi connectivity index (χ1) is 17.7. The summed E-state index contributed by atoms with van der Waals surface area (Å²) < 4.78 is 5.95. The summed E-state index contributed by atoms with van der Waals surface area (Å²) in [5.41, 5.74) is 3.54. The van der Waals surface area contributed by atoms with Crippen LogP contribution in [0.25, 0.3) is 6.08 Å². The fourth-order valence-electron chi connectivity index (χ4n) is 3.70. The predicted molar refractivity (Wildman–Crippen MR) is 147 cm³/mol. The lowest BCUT2D eigenvalue weighted by Gasteiger charge is -2.17. The standard InChI is InChI=1S/C28H26ClN3O4S/c1-17(2)23-9-7-18(3)13-25(23)36-12-11-32-27(34)26(37-28(32)35)15-19-14-22(8-10-24(19)33)31-30-21-6-4-5-20(29)16-21/h4-10,13-17,33H,11-12H2,1-3H3/b26-15-,31-30?. The number of aryl methyl sites for hydroxylation is 1. The molecule has 0 aliphatic carbocycles. The van der Waals surface area contributed by atoms with E-state index in [1.807, 2.05) is 25.1 Å². The van der Waals surface area contributed by atoms with Crippen molar-refractivity contribution in [2.24, 2.45) is 10.2 Å². The number of carbonyl (C=O) groups is 2. The summed E-state index contributed by atoms with van der Waals surface area (Å²) in [6, 6.07) is 17.6. The van der Waals surface area contributed by atoms with E-state index in [1.165, 1.54) is 12.1 Å². The van der Waals surface area contributed by atoms with E-state index in [-0.39, 0.29) is 35.0 Å². The second kappa shape index (κ2) is 11.6. The summed E-state index contributed by atoms with van der Waals surface area (Å²) in [4.78, 5) is 26.9. The van der Waals surface area contributed by atoms with Crippen LogP contribution in [0.1, 0.15) is 36.5 Å². The van der Waals surface area contributed by atoms with Gasteiger partial charge in [0, 0.05) is 10.6 Å². The van der Waals surface area contributed by atoms with Gasteiger partial charge in [0.05, 0.1) is 22.8 Å². The Morgan fingerprint density at radius 3 is 2.54 bits per heavy atom. The second-order valence-corrected chi connectivity index (χ2v) is 10.2. The van der Waals surface area contributed by atoms with E-state index >= 15 is 0 Å². The lowest BCUT2D eigenvalue weighted by Crippen LogP contribution is -2.32. The summed E-state index contributed by atoms with van der Waals surface area (Å²) >= 11 is 6.80. The van der Waals surface area contributed by atoms with E-state index < -0.39 is 5.91 Å². The monoisotopic (exact) mass is 535 g/mol. The summed E-state index contributed by atoms with van der Waals surface area (Å²) in [5.74, 6) is 0.560. The number of carbonyl (C=O) groups excluding carboxylic acids is 2. The molecule has 1 fully saturated rings. The lowest BCUT2D eigenvalue weighted by atomic mass is 10.0. The van der Waals surface area contributed by atoms with Crippen LogP contribution in [-0.4, -0.2) is 34.3 Å². The van der Waals surface area contributed by atoms with Gasteiger partial charge >= 0.3 is 0 Å².